The van der Waals surface area contributed by atoms with Crippen LogP contribution < -0.4 is 5.32 Å². The maximum atomic E-state index is 13.7. The van der Waals surface area contributed by atoms with Gasteiger partial charge < -0.3 is 10.1 Å². The van der Waals surface area contributed by atoms with Crippen molar-refractivity contribution in [3.63, 3.8) is 0 Å². The van der Waals surface area contributed by atoms with E-state index in [2.05, 4.69) is 12.2 Å². The molecule has 1 N–H and O–H groups in total. The average molecular weight is 332 g/mol. The Labute approximate surface area is 135 Å². The van der Waals surface area contributed by atoms with Crippen molar-refractivity contribution < 1.29 is 9.13 Å². The van der Waals surface area contributed by atoms with Gasteiger partial charge >= 0.3 is 0 Å². The minimum atomic E-state index is -0.448. The first-order valence-corrected chi connectivity index (χ1v) is 8.28. The van der Waals surface area contributed by atoms with E-state index in [-0.39, 0.29) is 16.7 Å². The molecule has 2 nitrogen and oxygen atoms in total. The van der Waals surface area contributed by atoms with Crippen molar-refractivity contribution in [3.8, 4) is 0 Å². The second-order valence-corrected chi connectivity index (χ2v) is 7.22. The summed E-state index contributed by atoms with van der Waals surface area (Å²) in [5, 5.41) is 3.95. The Kier molecular flexibility index (Phi) is 4.47. The lowest BCUT2D eigenvalue weighted by Crippen LogP contribution is -2.53. The molecule has 3 rings (SSSR count). The van der Waals surface area contributed by atoms with Gasteiger partial charge in [-0.3, -0.25) is 0 Å². The molecule has 1 spiro atoms. The molecule has 2 aliphatic rings. The van der Waals surface area contributed by atoms with Crippen LogP contribution in [0.3, 0.4) is 0 Å². The lowest BCUT2D eigenvalue weighted by atomic mass is 9.77. The van der Waals surface area contributed by atoms with Crippen LogP contribution in [0.2, 0.25) is 10.0 Å². The van der Waals surface area contributed by atoms with Crippen molar-refractivity contribution in [3.05, 3.63) is 33.6 Å². The maximum absolute atomic E-state index is 13.7. The summed E-state index contributed by atoms with van der Waals surface area (Å²) in [6.07, 6.45) is 4.31. The molecule has 1 aromatic rings. The summed E-state index contributed by atoms with van der Waals surface area (Å²) in [7, 11) is 0. The Morgan fingerprint density at radius 1 is 1.33 bits per heavy atom. The minimum absolute atomic E-state index is 0.0496. The molecular formula is C16H20Cl2FNO. The topological polar surface area (TPSA) is 21.3 Å². The second kappa shape index (κ2) is 6.04. The second-order valence-electron chi connectivity index (χ2n) is 6.41. The largest absolute Gasteiger partial charge is 0.364 e. The summed E-state index contributed by atoms with van der Waals surface area (Å²) in [5.74, 6) is 0.216. The number of nitrogens with one attached hydrogen (secondary N) is 1. The Morgan fingerprint density at radius 3 is 2.90 bits per heavy atom. The zero-order chi connectivity index (χ0) is 15.0. The van der Waals surface area contributed by atoms with Gasteiger partial charge in [0.05, 0.1) is 16.7 Å². The van der Waals surface area contributed by atoms with Gasteiger partial charge in [0.2, 0.25) is 0 Å². The number of halogens is 3. The van der Waals surface area contributed by atoms with Crippen molar-refractivity contribution in [2.45, 2.75) is 44.3 Å². The fraction of sp³-hybridized carbons (Fsp3) is 0.625. The van der Waals surface area contributed by atoms with E-state index in [0.29, 0.717) is 23.0 Å². The van der Waals surface area contributed by atoms with E-state index in [9.17, 15) is 4.39 Å². The summed E-state index contributed by atoms with van der Waals surface area (Å²) < 4.78 is 20.1. The molecular weight excluding hydrogens is 312 g/mol. The molecule has 21 heavy (non-hydrogen) atoms. The van der Waals surface area contributed by atoms with Gasteiger partial charge in [0.1, 0.15) is 5.82 Å². The Balaban J connectivity index is 1.84. The van der Waals surface area contributed by atoms with Crippen LogP contribution in [-0.4, -0.2) is 18.7 Å². The van der Waals surface area contributed by atoms with E-state index in [1.54, 1.807) is 0 Å². The Hall–Kier alpha value is -0.350. The number of rotatable bonds is 1. The van der Waals surface area contributed by atoms with Crippen LogP contribution in [0.25, 0.3) is 0 Å². The van der Waals surface area contributed by atoms with Crippen molar-refractivity contribution in [2.75, 3.05) is 13.1 Å². The summed E-state index contributed by atoms with van der Waals surface area (Å²) in [4.78, 5) is 0. The van der Waals surface area contributed by atoms with Crippen LogP contribution in [0.1, 0.15) is 44.3 Å². The van der Waals surface area contributed by atoms with Gasteiger partial charge in [-0.1, -0.05) is 43.0 Å². The maximum Gasteiger partial charge on any atom is 0.142 e. The first-order valence-electron chi connectivity index (χ1n) is 7.52. The summed E-state index contributed by atoms with van der Waals surface area (Å²) in [6.45, 7) is 3.78. The van der Waals surface area contributed by atoms with Crippen LogP contribution in [0.15, 0.2) is 12.1 Å². The lowest BCUT2D eigenvalue weighted by Gasteiger charge is -2.46. The van der Waals surface area contributed by atoms with E-state index in [1.165, 1.54) is 25.0 Å². The van der Waals surface area contributed by atoms with Crippen molar-refractivity contribution in [1.29, 1.82) is 0 Å². The first-order chi connectivity index (χ1) is 9.99. The molecule has 1 aliphatic heterocycles. The average Bonchev–Trinajstić information content (AvgIpc) is 2.42. The fourth-order valence-electron chi connectivity index (χ4n) is 3.65. The van der Waals surface area contributed by atoms with Gasteiger partial charge in [0.15, 0.2) is 0 Å². The van der Waals surface area contributed by atoms with Gasteiger partial charge in [-0.15, -0.1) is 0 Å². The molecule has 2 fully saturated rings. The highest BCUT2D eigenvalue weighted by molar-refractivity contribution is 6.35. The molecule has 0 amide bonds. The first kappa shape index (κ1) is 15.5. The minimum Gasteiger partial charge on any atom is -0.364 e. The standard InChI is InChI=1S/C16H20Cl2FNO/c1-10-3-2-4-16(7-10)9-20-8-15(21-16)11-5-14(19)13(18)6-12(11)17/h5-6,10,15,20H,2-4,7-9H2,1H3. The van der Waals surface area contributed by atoms with Crippen molar-refractivity contribution in [2.24, 2.45) is 5.92 Å². The van der Waals surface area contributed by atoms with Gasteiger partial charge in [-0.2, -0.15) is 0 Å². The molecule has 0 radical (unpaired) electrons. The molecule has 1 saturated heterocycles. The fourth-order valence-corrected chi connectivity index (χ4v) is 4.16. The highest BCUT2D eigenvalue weighted by atomic mass is 35.5. The van der Waals surface area contributed by atoms with Crippen molar-refractivity contribution in [1.82, 2.24) is 5.32 Å². The van der Waals surface area contributed by atoms with Gasteiger partial charge in [0.25, 0.3) is 0 Å². The molecule has 3 unspecified atom stereocenters. The van der Waals surface area contributed by atoms with Gasteiger partial charge in [-0.05, 0) is 30.9 Å². The number of hydrogen-bond donors (Lipinski definition) is 1. The predicted molar refractivity (Wildman–Crippen MR) is 83.5 cm³/mol. The van der Waals surface area contributed by atoms with Crippen LogP contribution in [0.5, 0.6) is 0 Å². The number of morpholine rings is 1. The highest BCUT2D eigenvalue weighted by Gasteiger charge is 2.41. The molecule has 0 aromatic heterocycles. The summed E-state index contributed by atoms with van der Waals surface area (Å²) in [6, 6.07) is 2.87. The van der Waals surface area contributed by atoms with Crippen molar-refractivity contribution >= 4 is 23.2 Å². The zero-order valence-electron chi connectivity index (χ0n) is 12.1. The highest BCUT2D eigenvalue weighted by Crippen LogP contribution is 2.41. The molecule has 1 saturated carbocycles. The number of ether oxygens (including phenoxy) is 1. The molecule has 5 heteroatoms. The SMILES string of the molecule is CC1CCCC2(CNCC(c3cc(F)c(Cl)cc3Cl)O2)C1. The lowest BCUT2D eigenvalue weighted by molar-refractivity contribution is -0.143. The normalized spacial score (nSPS) is 33.3. The van der Waals surface area contributed by atoms with E-state index in [0.717, 1.165) is 19.4 Å². The number of benzene rings is 1. The third-order valence-corrected chi connectivity index (χ3v) is 5.22. The smallest absolute Gasteiger partial charge is 0.142 e. The molecule has 1 heterocycles. The molecule has 0 bridgehead atoms. The van der Waals surface area contributed by atoms with E-state index < -0.39 is 5.82 Å². The summed E-state index contributed by atoms with van der Waals surface area (Å²) in [5.41, 5.74) is 0.545. The molecule has 3 atom stereocenters. The monoisotopic (exact) mass is 331 g/mol. The third-order valence-electron chi connectivity index (χ3n) is 4.61. The quantitative estimate of drug-likeness (QED) is 0.750. The van der Waals surface area contributed by atoms with Crippen LogP contribution in [0, 0.1) is 11.7 Å². The van der Waals surface area contributed by atoms with Gasteiger partial charge in [-0.25, -0.2) is 4.39 Å². The van der Waals surface area contributed by atoms with E-state index in [1.807, 2.05) is 0 Å². The van der Waals surface area contributed by atoms with E-state index in [4.69, 9.17) is 27.9 Å². The third kappa shape index (κ3) is 3.21. The van der Waals surface area contributed by atoms with E-state index >= 15 is 0 Å². The van der Waals surface area contributed by atoms with Crippen LogP contribution >= 0.6 is 23.2 Å². The van der Waals surface area contributed by atoms with Gasteiger partial charge in [0, 0.05) is 23.7 Å². The number of hydrogen-bond acceptors (Lipinski definition) is 2. The Morgan fingerprint density at radius 2 is 2.14 bits per heavy atom. The van der Waals surface area contributed by atoms with Crippen LogP contribution in [-0.2, 0) is 4.74 Å². The Bertz CT molecular complexity index is 535. The molecule has 1 aromatic carbocycles. The van der Waals surface area contributed by atoms with Crippen LogP contribution in [0.4, 0.5) is 4.39 Å². The predicted octanol–water partition coefficient (Wildman–Crippen LogP) is 4.74. The molecule has 1 aliphatic carbocycles. The molecule has 116 valence electrons. The zero-order valence-corrected chi connectivity index (χ0v) is 13.6. The summed E-state index contributed by atoms with van der Waals surface area (Å²) >= 11 is 12.0.